The molecule has 0 unspecified atom stereocenters. The first-order chi connectivity index (χ1) is 10.7. The molecule has 1 aromatic carbocycles. The third-order valence-corrected chi connectivity index (χ3v) is 2.94. The number of anilines is 1. The van der Waals surface area contributed by atoms with E-state index >= 15 is 0 Å². The highest BCUT2D eigenvalue weighted by atomic mass is 35.5. The Balaban J connectivity index is 0.00000264. The number of nitrogens with two attached hydrogens (primary N) is 1. The molecule has 0 aliphatic heterocycles. The van der Waals surface area contributed by atoms with Crippen LogP contribution in [0.5, 0.6) is 11.5 Å². The van der Waals surface area contributed by atoms with Crippen molar-refractivity contribution in [3.8, 4) is 11.5 Å². The molecule has 124 valence electrons. The SMILES string of the molecule is COc1ccc(NC(=O)CCN)cc1OCc1cccnc1.Cl. The molecule has 0 saturated carbocycles. The summed E-state index contributed by atoms with van der Waals surface area (Å²) >= 11 is 0. The Morgan fingerprint density at radius 2 is 2.13 bits per heavy atom. The monoisotopic (exact) mass is 337 g/mol. The Bertz CT molecular complexity index is 623. The third kappa shape index (κ3) is 5.77. The Morgan fingerprint density at radius 3 is 2.78 bits per heavy atom. The van der Waals surface area contributed by atoms with E-state index in [9.17, 15) is 4.79 Å². The number of carbonyl (C=O) groups is 1. The molecule has 23 heavy (non-hydrogen) atoms. The van der Waals surface area contributed by atoms with Crippen molar-refractivity contribution in [2.75, 3.05) is 19.0 Å². The highest BCUT2D eigenvalue weighted by Crippen LogP contribution is 2.30. The van der Waals surface area contributed by atoms with E-state index in [0.29, 0.717) is 30.3 Å². The summed E-state index contributed by atoms with van der Waals surface area (Å²) in [4.78, 5) is 15.6. The molecule has 0 fully saturated rings. The van der Waals surface area contributed by atoms with Gasteiger partial charge in [-0.3, -0.25) is 9.78 Å². The van der Waals surface area contributed by atoms with Crippen LogP contribution in [0.15, 0.2) is 42.7 Å². The van der Waals surface area contributed by atoms with Gasteiger partial charge in [0.2, 0.25) is 5.91 Å². The van der Waals surface area contributed by atoms with E-state index in [1.807, 2.05) is 12.1 Å². The maximum atomic E-state index is 11.6. The number of ether oxygens (including phenoxy) is 2. The first-order valence-corrected chi connectivity index (χ1v) is 6.92. The third-order valence-electron chi connectivity index (χ3n) is 2.94. The number of hydrogen-bond donors (Lipinski definition) is 2. The number of amides is 1. The lowest BCUT2D eigenvalue weighted by Gasteiger charge is -2.13. The standard InChI is InChI=1S/C16H19N3O3.ClH/c1-21-14-5-4-13(19-16(20)6-7-17)9-15(14)22-11-12-3-2-8-18-10-12;/h2-5,8-10H,6-7,11,17H2,1H3,(H,19,20);1H. The highest BCUT2D eigenvalue weighted by molar-refractivity contribution is 5.91. The number of nitrogens with zero attached hydrogens (tertiary/aromatic N) is 1. The van der Waals surface area contributed by atoms with Crippen molar-refractivity contribution in [3.63, 3.8) is 0 Å². The second kappa shape index (κ2) is 9.66. The van der Waals surface area contributed by atoms with Crippen LogP contribution >= 0.6 is 12.4 Å². The van der Waals surface area contributed by atoms with Gasteiger partial charge in [-0.15, -0.1) is 12.4 Å². The molecule has 2 aromatic rings. The Labute approximate surface area is 141 Å². The van der Waals surface area contributed by atoms with Crippen molar-refractivity contribution in [2.45, 2.75) is 13.0 Å². The first kappa shape index (κ1) is 18.7. The molecule has 0 aliphatic rings. The molecule has 0 spiro atoms. The van der Waals surface area contributed by atoms with Gasteiger partial charge in [0.15, 0.2) is 11.5 Å². The van der Waals surface area contributed by atoms with Gasteiger partial charge < -0.3 is 20.5 Å². The maximum absolute atomic E-state index is 11.6. The van der Waals surface area contributed by atoms with Crippen LogP contribution in [0, 0.1) is 0 Å². The summed E-state index contributed by atoms with van der Waals surface area (Å²) in [5, 5.41) is 2.77. The van der Waals surface area contributed by atoms with E-state index < -0.39 is 0 Å². The molecule has 0 saturated heterocycles. The van der Waals surface area contributed by atoms with E-state index in [1.165, 1.54) is 0 Å². The molecule has 0 radical (unpaired) electrons. The molecule has 0 aliphatic carbocycles. The van der Waals surface area contributed by atoms with Crippen LogP contribution in [0.4, 0.5) is 5.69 Å². The fourth-order valence-electron chi connectivity index (χ4n) is 1.87. The summed E-state index contributed by atoms with van der Waals surface area (Å²) in [5.41, 5.74) is 6.94. The molecule has 1 amide bonds. The molecule has 1 aromatic heterocycles. The molecule has 0 atom stereocenters. The Kier molecular flexibility index (Phi) is 7.87. The minimum absolute atomic E-state index is 0. The molecular weight excluding hydrogens is 318 g/mol. The van der Waals surface area contributed by atoms with Gasteiger partial charge in [-0.25, -0.2) is 0 Å². The summed E-state index contributed by atoms with van der Waals surface area (Å²) in [6.07, 6.45) is 3.72. The summed E-state index contributed by atoms with van der Waals surface area (Å²) in [6.45, 7) is 0.677. The number of benzene rings is 1. The fraction of sp³-hybridized carbons (Fsp3) is 0.250. The second-order valence-electron chi connectivity index (χ2n) is 4.60. The van der Waals surface area contributed by atoms with E-state index in [0.717, 1.165) is 5.56 Å². The van der Waals surface area contributed by atoms with Crippen molar-refractivity contribution >= 4 is 24.0 Å². The van der Waals surface area contributed by atoms with E-state index in [4.69, 9.17) is 15.2 Å². The topological polar surface area (TPSA) is 86.5 Å². The van der Waals surface area contributed by atoms with Gasteiger partial charge in [0, 0.05) is 42.7 Å². The number of nitrogens with one attached hydrogen (secondary N) is 1. The lowest BCUT2D eigenvalue weighted by Crippen LogP contribution is -2.16. The molecule has 6 nitrogen and oxygen atoms in total. The summed E-state index contributed by atoms with van der Waals surface area (Å²) in [6, 6.07) is 9.00. The van der Waals surface area contributed by atoms with Crippen LogP contribution in [-0.2, 0) is 11.4 Å². The average molecular weight is 338 g/mol. The van der Waals surface area contributed by atoms with Crippen LogP contribution in [0.25, 0.3) is 0 Å². The van der Waals surface area contributed by atoms with E-state index in [-0.39, 0.29) is 24.7 Å². The van der Waals surface area contributed by atoms with Crippen molar-refractivity contribution < 1.29 is 14.3 Å². The second-order valence-corrected chi connectivity index (χ2v) is 4.60. The van der Waals surface area contributed by atoms with Crippen molar-refractivity contribution in [1.29, 1.82) is 0 Å². The number of methoxy groups -OCH3 is 1. The normalized spacial score (nSPS) is 9.65. The number of aromatic nitrogens is 1. The zero-order valence-electron chi connectivity index (χ0n) is 12.8. The average Bonchev–Trinajstić information content (AvgIpc) is 2.54. The number of pyridine rings is 1. The van der Waals surface area contributed by atoms with Crippen LogP contribution < -0.4 is 20.5 Å². The van der Waals surface area contributed by atoms with Crippen LogP contribution in [0.2, 0.25) is 0 Å². The molecule has 0 bridgehead atoms. The summed E-state index contributed by atoms with van der Waals surface area (Å²) in [5.74, 6) is 1.02. The molecule has 1 heterocycles. The zero-order valence-corrected chi connectivity index (χ0v) is 13.6. The van der Waals surface area contributed by atoms with E-state index in [2.05, 4.69) is 10.3 Å². The minimum Gasteiger partial charge on any atom is -0.493 e. The quantitative estimate of drug-likeness (QED) is 0.810. The predicted molar refractivity (Wildman–Crippen MR) is 91.1 cm³/mol. The van der Waals surface area contributed by atoms with Gasteiger partial charge in [0.05, 0.1) is 7.11 Å². The van der Waals surface area contributed by atoms with Gasteiger partial charge in [0.1, 0.15) is 6.61 Å². The van der Waals surface area contributed by atoms with Crippen molar-refractivity contribution in [2.24, 2.45) is 5.73 Å². The molecule has 3 N–H and O–H groups in total. The van der Waals surface area contributed by atoms with Gasteiger partial charge in [-0.1, -0.05) is 6.07 Å². The lowest BCUT2D eigenvalue weighted by molar-refractivity contribution is -0.116. The van der Waals surface area contributed by atoms with Crippen LogP contribution in [0.1, 0.15) is 12.0 Å². The predicted octanol–water partition coefficient (Wildman–Crippen LogP) is 2.38. The highest BCUT2D eigenvalue weighted by Gasteiger charge is 2.08. The maximum Gasteiger partial charge on any atom is 0.225 e. The molecule has 7 heteroatoms. The number of halogens is 1. The number of rotatable bonds is 7. The number of hydrogen-bond acceptors (Lipinski definition) is 5. The smallest absolute Gasteiger partial charge is 0.225 e. The van der Waals surface area contributed by atoms with Gasteiger partial charge >= 0.3 is 0 Å². The van der Waals surface area contributed by atoms with Crippen molar-refractivity contribution in [1.82, 2.24) is 4.98 Å². The molecular formula is C16H20ClN3O3. The van der Waals surface area contributed by atoms with Crippen LogP contribution in [0.3, 0.4) is 0 Å². The fourth-order valence-corrected chi connectivity index (χ4v) is 1.87. The Morgan fingerprint density at radius 1 is 1.30 bits per heavy atom. The summed E-state index contributed by atoms with van der Waals surface area (Å²) < 4.78 is 11.0. The largest absolute Gasteiger partial charge is 0.493 e. The van der Waals surface area contributed by atoms with E-state index in [1.54, 1.807) is 37.7 Å². The Hall–Kier alpha value is -2.31. The minimum atomic E-state index is -0.133. The van der Waals surface area contributed by atoms with Crippen molar-refractivity contribution in [3.05, 3.63) is 48.3 Å². The first-order valence-electron chi connectivity index (χ1n) is 6.92. The molecule has 2 rings (SSSR count). The van der Waals surface area contributed by atoms with Gasteiger partial charge in [-0.2, -0.15) is 0 Å². The van der Waals surface area contributed by atoms with Crippen LogP contribution in [-0.4, -0.2) is 24.5 Å². The zero-order chi connectivity index (χ0) is 15.8. The van der Waals surface area contributed by atoms with Gasteiger partial charge in [-0.05, 0) is 18.2 Å². The summed E-state index contributed by atoms with van der Waals surface area (Å²) in [7, 11) is 1.57. The van der Waals surface area contributed by atoms with Gasteiger partial charge in [0.25, 0.3) is 0 Å². The number of carbonyl (C=O) groups excluding carboxylic acids is 1. The lowest BCUT2D eigenvalue weighted by atomic mass is 10.2.